The normalized spacial score (nSPS) is 11.2. The molecule has 0 unspecified atom stereocenters. The van der Waals surface area contributed by atoms with Gasteiger partial charge in [0.1, 0.15) is 0 Å². The van der Waals surface area contributed by atoms with Crippen molar-refractivity contribution in [3.8, 4) is 0 Å². The van der Waals surface area contributed by atoms with Crippen LogP contribution in [0.15, 0.2) is 29.6 Å². The SMILES string of the molecule is COC(=O)c1ccc(NCc2csc(C(C)(C)C)n2)cc1. The second kappa shape index (κ2) is 6.26. The van der Waals surface area contributed by atoms with Crippen LogP contribution in [0.5, 0.6) is 0 Å². The minimum Gasteiger partial charge on any atom is -0.465 e. The number of thiazole rings is 1. The molecule has 1 N–H and O–H groups in total. The Kier molecular flexibility index (Phi) is 4.63. The largest absolute Gasteiger partial charge is 0.465 e. The van der Waals surface area contributed by atoms with Crippen molar-refractivity contribution in [3.63, 3.8) is 0 Å². The lowest BCUT2D eigenvalue weighted by atomic mass is 9.98. The summed E-state index contributed by atoms with van der Waals surface area (Å²) in [5, 5.41) is 6.52. The third kappa shape index (κ3) is 4.04. The van der Waals surface area contributed by atoms with E-state index in [9.17, 15) is 4.79 Å². The fourth-order valence-corrected chi connectivity index (χ4v) is 2.67. The van der Waals surface area contributed by atoms with Crippen molar-refractivity contribution < 1.29 is 9.53 Å². The van der Waals surface area contributed by atoms with Crippen LogP contribution in [0.3, 0.4) is 0 Å². The summed E-state index contributed by atoms with van der Waals surface area (Å²) in [5.41, 5.74) is 2.62. The predicted molar refractivity (Wildman–Crippen MR) is 85.9 cm³/mol. The molecule has 0 saturated carbocycles. The average molecular weight is 304 g/mol. The Hall–Kier alpha value is -1.88. The fourth-order valence-electron chi connectivity index (χ4n) is 1.77. The van der Waals surface area contributed by atoms with Crippen LogP contribution < -0.4 is 5.32 Å². The van der Waals surface area contributed by atoms with Crippen molar-refractivity contribution in [1.82, 2.24) is 4.98 Å². The van der Waals surface area contributed by atoms with Crippen LogP contribution in [-0.2, 0) is 16.7 Å². The first-order chi connectivity index (χ1) is 9.90. The maximum Gasteiger partial charge on any atom is 0.337 e. The zero-order chi connectivity index (χ0) is 15.5. The minimum absolute atomic E-state index is 0.0884. The Balaban J connectivity index is 1.97. The Labute approximate surface area is 129 Å². The number of rotatable bonds is 4. The fraction of sp³-hybridized carbons (Fsp3) is 0.375. The van der Waals surface area contributed by atoms with Gasteiger partial charge in [-0.2, -0.15) is 0 Å². The summed E-state index contributed by atoms with van der Waals surface area (Å²) in [6.45, 7) is 7.15. The summed E-state index contributed by atoms with van der Waals surface area (Å²) >= 11 is 1.69. The van der Waals surface area contributed by atoms with Gasteiger partial charge < -0.3 is 10.1 Å². The molecule has 5 heteroatoms. The summed E-state index contributed by atoms with van der Waals surface area (Å²) in [4.78, 5) is 16.0. The van der Waals surface area contributed by atoms with Crippen LogP contribution in [-0.4, -0.2) is 18.1 Å². The zero-order valence-electron chi connectivity index (χ0n) is 12.8. The van der Waals surface area contributed by atoms with Gasteiger partial charge in [0.15, 0.2) is 0 Å². The van der Waals surface area contributed by atoms with Gasteiger partial charge in [0.2, 0.25) is 0 Å². The molecule has 0 radical (unpaired) electrons. The summed E-state index contributed by atoms with van der Waals surface area (Å²) in [6.07, 6.45) is 0. The number of nitrogens with zero attached hydrogens (tertiary/aromatic N) is 1. The van der Waals surface area contributed by atoms with Crippen LogP contribution in [0.2, 0.25) is 0 Å². The molecule has 0 saturated heterocycles. The highest BCUT2D eigenvalue weighted by Crippen LogP contribution is 2.25. The van der Waals surface area contributed by atoms with Crippen LogP contribution in [0.25, 0.3) is 0 Å². The highest BCUT2D eigenvalue weighted by Gasteiger charge is 2.17. The zero-order valence-corrected chi connectivity index (χ0v) is 13.6. The molecule has 21 heavy (non-hydrogen) atoms. The molecule has 2 rings (SSSR count). The van der Waals surface area contributed by atoms with E-state index >= 15 is 0 Å². The second-order valence-electron chi connectivity index (χ2n) is 5.82. The molecule has 0 aliphatic heterocycles. The Morgan fingerprint density at radius 1 is 1.29 bits per heavy atom. The molecule has 0 spiro atoms. The summed E-state index contributed by atoms with van der Waals surface area (Å²) in [6, 6.07) is 7.22. The standard InChI is InChI=1S/C16H20N2O2S/c1-16(2,3)15-18-13(10-21-15)9-17-12-7-5-11(6-8-12)14(19)20-4/h5-8,10,17H,9H2,1-4H3. The van der Waals surface area contributed by atoms with Crippen molar-refractivity contribution in [2.75, 3.05) is 12.4 Å². The van der Waals surface area contributed by atoms with E-state index in [4.69, 9.17) is 0 Å². The summed E-state index contributed by atoms with van der Waals surface area (Å²) in [7, 11) is 1.38. The highest BCUT2D eigenvalue weighted by atomic mass is 32.1. The van der Waals surface area contributed by atoms with E-state index in [-0.39, 0.29) is 11.4 Å². The first-order valence-electron chi connectivity index (χ1n) is 6.77. The molecule has 4 nitrogen and oxygen atoms in total. The van der Waals surface area contributed by atoms with Crippen molar-refractivity contribution >= 4 is 23.0 Å². The number of benzene rings is 1. The number of carbonyl (C=O) groups excluding carboxylic acids is 1. The highest BCUT2D eigenvalue weighted by molar-refractivity contribution is 7.09. The number of hydrogen-bond donors (Lipinski definition) is 1. The van der Waals surface area contributed by atoms with Crippen molar-refractivity contribution in [2.24, 2.45) is 0 Å². The van der Waals surface area contributed by atoms with Crippen molar-refractivity contribution in [2.45, 2.75) is 32.7 Å². The van der Waals surface area contributed by atoms with E-state index in [2.05, 4.69) is 41.2 Å². The number of anilines is 1. The van der Waals surface area contributed by atoms with Crippen LogP contribution in [0, 0.1) is 0 Å². The molecule has 1 aromatic heterocycles. The Morgan fingerprint density at radius 2 is 1.95 bits per heavy atom. The molecular formula is C16H20N2O2S. The minimum atomic E-state index is -0.323. The topological polar surface area (TPSA) is 51.2 Å². The van der Waals surface area contributed by atoms with Crippen LogP contribution >= 0.6 is 11.3 Å². The maximum atomic E-state index is 11.3. The van der Waals surface area contributed by atoms with Gasteiger partial charge >= 0.3 is 5.97 Å². The van der Waals surface area contributed by atoms with E-state index in [0.717, 1.165) is 16.4 Å². The molecule has 112 valence electrons. The summed E-state index contributed by atoms with van der Waals surface area (Å²) in [5.74, 6) is -0.323. The maximum absolute atomic E-state index is 11.3. The van der Waals surface area contributed by atoms with Gasteiger partial charge in [0.05, 0.1) is 29.9 Å². The Morgan fingerprint density at radius 3 is 2.48 bits per heavy atom. The number of hydrogen-bond acceptors (Lipinski definition) is 5. The third-order valence-corrected chi connectivity index (χ3v) is 4.29. The molecule has 0 fully saturated rings. The smallest absolute Gasteiger partial charge is 0.337 e. The van der Waals surface area contributed by atoms with E-state index in [1.807, 2.05) is 12.1 Å². The third-order valence-electron chi connectivity index (χ3n) is 2.97. The second-order valence-corrected chi connectivity index (χ2v) is 6.67. The molecule has 0 aliphatic carbocycles. The summed E-state index contributed by atoms with van der Waals surface area (Å²) < 4.78 is 4.67. The van der Waals surface area contributed by atoms with Crippen molar-refractivity contribution in [3.05, 3.63) is 45.9 Å². The van der Waals surface area contributed by atoms with Gasteiger partial charge in [-0.3, -0.25) is 0 Å². The number of carbonyl (C=O) groups is 1. The van der Waals surface area contributed by atoms with Gasteiger partial charge in [0, 0.05) is 16.5 Å². The van der Waals surface area contributed by atoms with Gasteiger partial charge in [-0.05, 0) is 24.3 Å². The number of methoxy groups -OCH3 is 1. The molecule has 1 aromatic carbocycles. The quantitative estimate of drug-likeness (QED) is 0.872. The number of aromatic nitrogens is 1. The van der Waals surface area contributed by atoms with E-state index < -0.39 is 0 Å². The van der Waals surface area contributed by atoms with E-state index in [0.29, 0.717) is 12.1 Å². The van der Waals surface area contributed by atoms with Crippen LogP contribution in [0.4, 0.5) is 5.69 Å². The Bertz CT molecular complexity index is 612. The molecular weight excluding hydrogens is 284 g/mol. The monoisotopic (exact) mass is 304 g/mol. The molecule has 2 aromatic rings. The molecule has 0 bridgehead atoms. The van der Waals surface area contributed by atoms with Gasteiger partial charge in [-0.15, -0.1) is 11.3 Å². The lowest BCUT2D eigenvalue weighted by Crippen LogP contribution is -2.11. The van der Waals surface area contributed by atoms with Gasteiger partial charge in [-0.25, -0.2) is 9.78 Å². The average Bonchev–Trinajstić information content (AvgIpc) is 2.94. The first kappa shape index (κ1) is 15.5. The lowest BCUT2D eigenvalue weighted by molar-refractivity contribution is 0.0601. The van der Waals surface area contributed by atoms with Crippen molar-refractivity contribution in [1.29, 1.82) is 0 Å². The molecule has 0 aliphatic rings. The first-order valence-corrected chi connectivity index (χ1v) is 7.65. The molecule has 0 atom stereocenters. The van der Waals surface area contributed by atoms with Gasteiger partial charge in [-0.1, -0.05) is 20.8 Å². The van der Waals surface area contributed by atoms with Gasteiger partial charge in [0.25, 0.3) is 0 Å². The van der Waals surface area contributed by atoms with E-state index in [1.54, 1.807) is 23.5 Å². The van der Waals surface area contributed by atoms with E-state index in [1.165, 1.54) is 7.11 Å². The van der Waals surface area contributed by atoms with Crippen LogP contribution in [0.1, 0.15) is 41.8 Å². The number of esters is 1. The molecule has 1 heterocycles. The lowest BCUT2D eigenvalue weighted by Gasteiger charge is -2.13. The number of nitrogens with one attached hydrogen (secondary N) is 1. The molecule has 0 amide bonds. The predicted octanol–water partition coefficient (Wildman–Crippen LogP) is 3.84. The number of ether oxygens (including phenoxy) is 1.